The fourth-order valence-electron chi connectivity index (χ4n) is 5.16. The van der Waals surface area contributed by atoms with Crippen molar-refractivity contribution in [1.29, 1.82) is 0 Å². The Balaban J connectivity index is 1.24. The summed E-state index contributed by atoms with van der Waals surface area (Å²) in [5.41, 5.74) is 1.58. The van der Waals surface area contributed by atoms with Gasteiger partial charge in [0.05, 0.1) is 37.8 Å². The number of pyridine rings is 1. The van der Waals surface area contributed by atoms with E-state index in [1.54, 1.807) is 23.4 Å². The van der Waals surface area contributed by atoms with E-state index in [2.05, 4.69) is 9.98 Å². The maximum atomic E-state index is 13.2. The molecule has 5 aliphatic heterocycles. The quantitative estimate of drug-likeness (QED) is 0.685. The maximum Gasteiger partial charge on any atom is 0.255 e. The molecule has 33 heavy (non-hydrogen) atoms. The summed E-state index contributed by atoms with van der Waals surface area (Å²) in [6.07, 6.45) is 9.35. The minimum atomic E-state index is -0.110. The van der Waals surface area contributed by atoms with Gasteiger partial charge in [-0.05, 0) is 25.0 Å². The molecular formula is C24H27N5O4. The maximum absolute atomic E-state index is 13.2. The van der Waals surface area contributed by atoms with Crippen LogP contribution in [0.15, 0.2) is 41.3 Å². The van der Waals surface area contributed by atoms with E-state index in [-0.39, 0.29) is 23.1 Å². The van der Waals surface area contributed by atoms with E-state index in [0.29, 0.717) is 42.7 Å². The fraction of sp³-hybridized carbons (Fsp3) is 0.500. The number of hydrogen-bond donors (Lipinski definition) is 0. The van der Waals surface area contributed by atoms with Gasteiger partial charge in [0.25, 0.3) is 5.91 Å². The van der Waals surface area contributed by atoms with Crippen LogP contribution in [0.4, 0.5) is 5.82 Å². The van der Waals surface area contributed by atoms with Gasteiger partial charge in [-0.25, -0.2) is 4.98 Å². The first-order chi connectivity index (χ1) is 16.0. The lowest BCUT2D eigenvalue weighted by Crippen LogP contribution is -2.55. The second-order valence-corrected chi connectivity index (χ2v) is 9.56. The molecule has 0 aliphatic carbocycles. The zero-order valence-corrected chi connectivity index (χ0v) is 18.7. The third-order valence-corrected chi connectivity index (χ3v) is 7.09. The number of allylic oxidation sites excluding steroid dienone is 1. The molecule has 2 fully saturated rings. The largest absolute Gasteiger partial charge is 0.488 e. The molecule has 5 aliphatic rings. The van der Waals surface area contributed by atoms with Crippen molar-refractivity contribution in [2.75, 3.05) is 50.9 Å². The number of nitrogens with zero attached hydrogens (tertiary/aromatic N) is 5. The average molecular weight is 450 g/mol. The monoisotopic (exact) mass is 449 g/mol. The zero-order chi connectivity index (χ0) is 22.6. The Morgan fingerprint density at radius 3 is 2.97 bits per heavy atom. The summed E-state index contributed by atoms with van der Waals surface area (Å²) in [6, 6.07) is 1.80. The molecule has 172 valence electrons. The minimum Gasteiger partial charge on any atom is -0.488 e. The standard InChI is InChI=1S/C24H27N5O4/c1-16-11-25-20-10-18(3-6-29(20)22(16)30)28-7-8-33-19-9-17(12-26-21(19)28)23(31)27-5-2-4-24(13-27)14-32-15-24/h3,6,9-10,12,16H,2,4-5,7-8,11,13-15H2,1H3. The zero-order valence-electron chi connectivity index (χ0n) is 18.7. The predicted molar refractivity (Wildman–Crippen MR) is 121 cm³/mol. The van der Waals surface area contributed by atoms with E-state index < -0.39 is 0 Å². The molecule has 0 radical (unpaired) electrons. The Morgan fingerprint density at radius 1 is 1.27 bits per heavy atom. The fourth-order valence-corrected chi connectivity index (χ4v) is 5.16. The summed E-state index contributed by atoms with van der Waals surface area (Å²) >= 11 is 0. The Hall–Kier alpha value is -3.20. The first-order valence-corrected chi connectivity index (χ1v) is 11.6. The van der Waals surface area contributed by atoms with Crippen LogP contribution in [0.5, 0.6) is 5.75 Å². The van der Waals surface area contributed by atoms with Gasteiger partial charge in [-0.3, -0.25) is 19.5 Å². The van der Waals surface area contributed by atoms with E-state index in [0.717, 1.165) is 44.8 Å². The summed E-state index contributed by atoms with van der Waals surface area (Å²) in [4.78, 5) is 40.4. The number of piperidine rings is 1. The molecule has 1 aromatic heterocycles. The van der Waals surface area contributed by atoms with Crippen LogP contribution >= 0.6 is 0 Å². The number of hydrogen-bond acceptors (Lipinski definition) is 7. The molecule has 2 saturated heterocycles. The molecule has 1 spiro atoms. The summed E-state index contributed by atoms with van der Waals surface area (Å²) in [7, 11) is 0. The van der Waals surface area contributed by atoms with Crippen LogP contribution in [-0.2, 0) is 9.53 Å². The van der Waals surface area contributed by atoms with Gasteiger partial charge in [-0.2, -0.15) is 0 Å². The van der Waals surface area contributed by atoms with Gasteiger partial charge in [0.2, 0.25) is 5.91 Å². The van der Waals surface area contributed by atoms with E-state index >= 15 is 0 Å². The van der Waals surface area contributed by atoms with Crippen LogP contribution < -0.4 is 9.64 Å². The number of aliphatic imine (C=N–C) groups is 1. The Labute approximate surface area is 192 Å². The minimum absolute atomic E-state index is 0.00592. The highest BCUT2D eigenvalue weighted by molar-refractivity contribution is 6.09. The number of ether oxygens (including phenoxy) is 2. The summed E-state index contributed by atoms with van der Waals surface area (Å²) in [5.74, 6) is 1.85. The van der Waals surface area contributed by atoms with Crippen molar-refractivity contribution in [2.45, 2.75) is 19.8 Å². The number of amidine groups is 1. The lowest BCUT2D eigenvalue weighted by atomic mass is 9.78. The second kappa shape index (κ2) is 7.69. The molecule has 6 rings (SSSR count). The molecule has 0 aromatic carbocycles. The second-order valence-electron chi connectivity index (χ2n) is 9.56. The van der Waals surface area contributed by atoms with Crippen LogP contribution in [-0.4, -0.2) is 78.4 Å². The molecule has 1 aromatic rings. The number of anilines is 1. The average Bonchev–Trinajstić information content (AvgIpc) is 2.84. The molecule has 9 heteroatoms. The number of carbonyl (C=O) groups is 2. The molecule has 1 atom stereocenters. The molecule has 9 nitrogen and oxygen atoms in total. The summed E-state index contributed by atoms with van der Waals surface area (Å²) < 4.78 is 11.3. The number of rotatable bonds is 2. The molecule has 0 bridgehead atoms. The predicted octanol–water partition coefficient (Wildman–Crippen LogP) is 1.82. The van der Waals surface area contributed by atoms with Crippen molar-refractivity contribution in [3.8, 4) is 5.75 Å². The number of carbonyl (C=O) groups excluding carboxylic acids is 2. The lowest BCUT2D eigenvalue weighted by Gasteiger charge is -2.48. The number of likely N-dealkylation sites (tertiary alicyclic amines) is 1. The molecule has 0 saturated carbocycles. The normalized spacial score (nSPS) is 25.5. The first-order valence-electron chi connectivity index (χ1n) is 11.6. The molecule has 6 heterocycles. The van der Waals surface area contributed by atoms with Gasteiger partial charge >= 0.3 is 0 Å². The Morgan fingerprint density at radius 2 is 2.15 bits per heavy atom. The van der Waals surface area contributed by atoms with Gasteiger partial charge in [0.15, 0.2) is 11.6 Å². The molecular weight excluding hydrogens is 422 g/mol. The van der Waals surface area contributed by atoms with E-state index in [9.17, 15) is 9.59 Å². The van der Waals surface area contributed by atoms with Gasteiger partial charge in [-0.1, -0.05) is 6.92 Å². The first kappa shape index (κ1) is 20.4. The van der Waals surface area contributed by atoms with Crippen LogP contribution in [0, 0.1) is 11.3 Å². The van der Waals surface area contributed by atoms with E-state index in [1.807, 2.05) is 28.9 Å². The molecule has 1 unspecified atom stereocenters. The number of amides is 2. The molecule has 2 amide bonds. The van der Waals surface area contributed by atoms with Crippen molar-refractivity contribution in [1.82, 2.24) is 14.8 Å². The van der Waals surface area contributed by atoms with E-state index in [4.69, 9.17) is 9.47 Å². The van der Waals surface area contributed by atoms with Crippen molar-refractivity contribution in [3.05, 3.63) is 41.9 Å². The van der Waals surface area contributed by atoms with Crippen molar-refractivity contribution in [3.63, 3.8) is 0 Å². The highest BCUT2D eigenvalue weighted by atomic mass is 16.5. The Bertz CT molecular complexity index is 1110. The van der Waals surface area contributed by atoms with Crippen molar-refractivity contribution >= 4 is 23.5 Å². The van der Waals surface area contributed by atoms with Crippen LogP contribution in [0.25, 0.3) is 0 Å². The highest BCUT2D eigenvalue weighted by Gasteiger charge is 2.43. The molecule has 0 N–H and O–H groups in total. The highest BCUT2D eigenvalue weighted by Crippen LogP contribution is 2.38. The van der Waals surface area contributed by atoms with Gasteiger partial charge in [0.1, 0.15) is 12.4 Å². The summed E-state index contributed by atoms with van der Waals surface area (Å²) in [6.45, 7) is 6.47. The van der Waals surface area contributed by atoms with Gasteiger partial charge in [-0.15, -0.1) is 0 Å². The lowest BCUT2D eigenvalue weighted by molar-refractivity contribution is -0.138. The van der Waals surface area contributed by atoms with Crippen LogP contribution in [0.1, 0.15) is 30.1 Å². The smallest absolute Gasteiger partial charge is 0.255 e. The van der Waals surface area contributed by atoms with Gasteiger partial charge in [0, 0.05) is 42.7 Å². The topological polar surface area (TPSA) is 87.6 Å². The van der Waals surface area contributed by atoms with Gasteiger partial charge < -0.3 is 19.3 Å². The Kier molecular flexibility index (Phi) is 4.76. The third kappa shape index (κ3) is 3.42. The van der Waals surface area contributed by atoms with Crippen molar-refractivity contribution < 1.29 is 19.1 Å². The SMILES string of the molecule is CC1CN=C2C=C(N3CCOc4cc(C(=O)N5CCCC6(COC6)C5)cnc43)C=CN2C1=O. The summed E-state index contributed by atoms with van der Waals surface area (Å²) in [5, 5.41) is 0. The number of fused-ring (bicyclic) bond motifs is 2. The van der Waals surface area contributed by atoms with Crippen LogP contribution in [0.2, 0.25) is 0 Å². The van der Waals surface area contributed by atoms with Crippen molar-refractivity contribution in [2.24, 2.45) is 16.3 Å². The third-order valence-electron chi connectivity index (χ3n) is 7.09. The number of aromatic nitrogens is 1. The van der Waals surface area contributed by atoms with Crippen LogP contribution in [0.3, 0.4) is 0 Å². The van der Waals surface area contributed by atoms with E-state index in [1.165, 1.54) is 0 Å².